The van der Waals surface area contributed by atoms with E-state index in [9.17, 15) is 4.79 Å². The second kappa shape index (κ2) is 10.2. The topological polar surface area (TPSA) is 67.3 Å². The monoisotopic (exact) mass is 416 g/mol. The van der Waals surface area contributed by atoms with Crippen LogP contribution < -0.4 is 10.1 Å². The highest BCUT2D eigenvalue weighted by Gasteiger charge is 2.31. The zero-order valence-electron chi connectivity index (χ0n) is 17.8. The van der Waals surface area contributed by atoms with Gasteiger partial charge in [-0.05, 0) is 67.3 Å². The molecule has 6 nitrogen and oxygen atoms in total. The summed E-state index contributed by atoms with van der Waals surface area (Å²) in [5.74, 6) is 0.975. The number of aromatic nitrogens is 2. The molecule has 3 heterocycles. The van der Waals surface area contributed by atoms with Crippen molar-refractivity contribution in [2.24, 2.45) is 5.92 Å². The van der Waals surface area contributed by atoms with Gasteiger partial charge in [-0.25, -0.2) is 0 Å². The average molecular weight is 417 g/mol. The molecule has 1 aromatic carbocycles. The number of amides is 1. The molecule has 3 aromatic rings. The summed E-state index contributed by atoms with van der Waals surface area (Å²) in [6.45, 7) is 2.79. The number of hydrogen-bond acceptors (Lipinski definition) is 5. The Bertz CT molecular complexity index is 981. The Balaban J connectivity index is 1.51. The number of nitrogens with one attached hydrogen (secondary N) is 1. The van der Waals surface area contributed by atoms with Crippen molar-refractivity contribution in [3.8, 4) is 5.75 Å². The Labute approximate surface area is 183 Å². The van der Waals surface area contributed by atoms with E-state index in [1.54, 1.807) is 25.6 Å². The molecule has 0 unspecified atom stereocenters. The van der Waals surface area contributed by atoms with E-state index in [2.05, 4.69) is 32.3 Å². The lowest BCUT2D eigenvalue weighted by Crippen LogP contribution is -2.43. The third kappa shape index (κ3) is 5.47. The largest absolute Gasteiger partial charge is 0.497 e. The van der Waals surface area contributed by atoms with E-state index in [1.165, 1.54) is 5.56 Å². The first-order valence-corrected chi connectivity index (χ1v) is 10.7. The number of ether oxygens (including phenoxy) is 1. The molecule has 2 aromatic heterocycles. The van der Waals surface area contributed by atoms with Gasteiger partial charge in [0, 0.05) is 25.5 Å². The maximum absolute atomic E-state index is 12.9. The van der Waals surface area contributed by atoms with E-state index < -0.39 is 0 Å². The summed E-state index contributed by atoms with van der Waals surface area (Å²) in [6.07, 6.45) is 5.54. The first-order chi connectivity index (χ1) is 15.2. The van der Waals surface area contributed by atoms with Crippen molar-refractivity contribution in [3.63, 3.8) is 0 Å². The number of rotatable bonds is 7. The molecule has 0 saturated carbocycles. The summed E-state index contributed by atoms with van der Waals surface area (Å²) in [7, 11) is 1.69. The van der Waals surface area contributed by atoms with Gasteiger partial charge in [-0.15, -0.1) is 0 Å². The molecule has 1 amide bonds. The second-order valence-corrected chi connectivity index (χ2v) is 7.91. The minimum atomic E-state index is -0.166. The van der Waals surface area contributed by atoms with Gasteiger partial charge in [0.15, 0.2) is 0 Å². The lowest BCUT2D eigenvalue weighted by Gasteiger charge is -2.37. The van der Waals surface area contributed by atoms with Gasteiger partial charge < -0.3 is 10.1 Å². The van der Waals surface area contributed by atoms with Crippen LogP contribution in [-0.4, -0.2) is 41.0 Å². The van der Waals surface area contributed by atoms with Gasteiger partial charge in [0.2, 0.25) is 0 Å². The highest BCUT2D eigenvalue weighted by atomic mass is 16.5. The number of carbonyl (C=O) groups is 1. The number of piperidine rings is 1. The number of hydrogen-bond donors (Lipinski definition) is 1. The minimum Gasteiger partial charge on any atom is -0.497 e. The van der Waals surface area contributed by atoms with Crippen LogP contribution in [-0.2, 0) is 6.54 Å². The maximum atomic E-state index is 12.9. The Hall–Kier alpha value is -3.25. The molecular weight excluding hydrogens is 388 g/mol. The van der Waals surface area contributed by atoms with Crippen molar-refractivity contribution in [2.75, 3.05) is 20.2 Å². The van der Waals surface area contributed by atoms with E-state index in [1.807, 2.05) is 42.5 Å². The highest BCUT2D eigenvalue weighted by molar-refractivity contribution is 5.92. The molecular formula is C25H28N4O2. The van der Waals surface area contributed by atoms with Crippen LogP contribution in [0, 0.1) is 5.92 Å². The van der Waals surface area contributed by atoms with Crippen LogP contribution in [0.5, 0.6) is 5.75 Å². The van der Waals surface area contributed by atoms with Crippen LogP contribution in [0.25, 0.3) is 0 Å². The van der Waals surface area contributed by atoms with Crippen molar-refractivity contribution >= 4 is 5.91 Å². The van der Waals surface area contributed by atoms with Crippen molar-refractivity contribution in [1.29, 1.82) is 0 Å². The van der Waals surface area contributed by atoms with Crippen LogP contribution in [0.15, 0.2) is 73.1 Å². The van der Waals surface area contributed by atoms with Crippen molar-refractivity contribution < 1.29 is 9.53 Å². The zero-order chi connectivity index (χ0) is 21.5. The number of pyridine rings is 2. The van der Waals surface area contributed by atoms with E-state index in [0.29, 0.717) is 5.69 Å². The van der Waals surface area contributed by atoms with Crippen LogP contribution in [0.2, 0.25) is 0 Å². The normalized spacial score (nSPS) is 17.6. The quantitative estimate of drug-likeness (QED) is 0.633. The summed E-state index contributed by atoms with van der Waals surface area (Å²) in [5, 5.41) is 3.21. The molecule has 0 bridgehead atoms. The fraction of sp³-hybridized carbons (Fsp3) is 0.320. The van der Waals surface area contributed by atoms with Crippen molar-refractivity contribution in [1.82, 2.24) is 20.2 Å². The number of benzene rings is 1. The van der Waals surface area contributed by atoms with Crippen LogP contribution >= 0.6 is 0 Å². The Morgan fingerprint density at radius 2 is 1.97 bits per heavy atom. The minimum absolute atomic E-state index is 0.163. The summed E-state index contributed by atoms with van der Waals surface area (Å²) >= 11 is 0. The second-order valence-electron chi connectivity index (χ2n) is 7.91. The zero-order valence-corrected chi connectivity index (χ0v) is 17.8. The molecule has 1 aliphatic heterocycles. The Morgan fingerprint density at radius 3 is 2.71 bits per heavy atom. The van der Waals surface area contributed by atoms with Gasteiger partial charge in [0.25, 0.3) is 5.91 Å². The number of carbonyl (C=O) groups excluding carboxylic acids is 1. The van der Waals surface area contributed by atoms with Crippen LogP contribution in [0.4, 0.5) is 0 Å². The molecule has 6 heteroatoms. The fourth-order valence-electron chi connectivity index (χ4n) is 4.24. The van der Waals surface area contributed by atoms with Crippen LogP contribution in [0.1, 0.15) is 40.6 Å². The van der Waals surface area contributed by atoms with Gasteiger partial charge in [0.1, 0.15) is 11.4 Å². The van der Waals surface area contributed by atoms with Gasteiger partial charge in [-0.2, -0.15) is 0 Å². The molecule has 4 rings (SSSR count). The van der Waals surface area contributed by atoms with Crippen LogP contribution in [0.3, 0.4) is 0 Å². The smallest absolute Gasteiger partial charge is 0.270 e. The third-order valence-corrected chi connectivity index (χ3v) is 5.74. The SMILES string of the molecule is COc1cccc(CN2CCC[C@@H]([C@H](NC(=O)c3ccccn3)c3ccccn3)C2)c1. The van der Waals surface area contributed by atoms with Crippen molar-refractivity contribution in [2.45, 2.75) is 25.4 Å². The molecule has 0 spiro atoms. The van der Waals surface area contributed by atoms with E-state index in [4.69, 9.17) is 4.74 Å². The Kier molecular flexibility index (Phi) is 6.89. The maximum Gasteiger partial charge on any atom is 0.270 e. The Morgan fingerprint density at radius 1 is 1.13 bits per heavy atom. The number of nitrogens with zero attached hydrogens (tertiary/aromatic N) is 3. The summed E-state index contributed by atoms with van der Waals surface area (Å²) in [4.78, 5) is 24.1. The first kappa shape index (κ1) is 21.0. The molecule has 2 atom stereocenters. The molecule has 1 N–H and O–H groups in total. The third-order valence-electron chi connectivity index (χ3n) is 5.74. The lowest BCUT2D eigenvalue weighted by atomic mass is 9.88. The van der Waals surface area contributed by atoms with Gasteiger partial charge in [-0.3, -0.25) is 19.7 Å². The van der Waals surface area contributed by atoms with E-state index >= 15 is 0 Å². The average Bonchev–Trinajstić information content (AvgIpc) is 2.84. The summed E-state index contributed by atoms with van der Waals surface area (Å²) in [6, 6.07) is 19.3. The first-order valence-electron chi connectivity index (χ1n) is 10.7. The predicted octanol–water partition coefficient (Wildman–Crippen LogP) is 3.87. The lowest BCUT2D eigenvalue weighted by molar-refractivity contribution is 0.0870. The molecule has 0 radical (unpaired) electrons. The predicted molar refractivity (Wildman–Crippen MR) is 120 cm³/mol. The van der Waals surface area contributed by atoms with Gasteiger partial charge in [0.05, 0.1) is 18.8 Å². The van der Waals surface area contributed by atoms with Gasteiger partial charge in [-0.1, -0.05) is 24.3 Å². The number of methoxy groups -OCH3 is 1. The molecule has 1 saturated heterocycles. The summed E-state index contributed by atoms with van der Waals surface area (Å²) < 4.78 is 5.37. The van der Waals surface area contributed by atoms with Crippen molar-refractivity contribution in [3.05, 3.63) is 90.0 Å². The fourth-order valence-corrected chi connectivity index (χ4v) is 4.24. The highest BCUT2D eigenvalue weighted by Crippen LogP contribution is 2.30. The standard InChI is InChI=1S/C25H28N4O2/c1-31-21-10-6-8-19(16-21)17-29-15-7-9-20(18-29)24(22-11-2-4-13-26-22)28-25(30)23-12-3-5-14-27-23/h2-6,8,10-14,16,20,24H,7,9,15,17-18H2,1H3,(H,28,30)/t20-,24+/m1/s1. The molecule has 1 aliphatic rings. The number of likely N-dealkylation sites (tertiary alicyclic amines) is 1. The molecule has 31 heavy (non-hydrogen) atoms. The molecule has 1 fully saturated rings. The molecule has 160 valence electrons. The van der Waals surface area contributed by atoms with E-state index in [-0.39, 0.29) is 17.9 Å². The van der Waals surface area contributed by atoms with E-state index in [0.717, 1.165) is 43.9 Å². The van der Waals surface area contributed by atoms with Gasteiger partial charge >= 0.3 is 0 Å². The molecule has 0 aliphatic carbocycles. The summed E-state index contributed by atoms with van der Waals surface area (Å²) in [5.41, 5.74) is 2.54.